The number of sulfonamides is 1. The van der Waals surface area contributed by atoms with Crippen LogP contribution in [0.3, 0.4) is 0 Å². The van der Waals surface area contributed by atoms with Gasteiger partial charge < -0.3 is 10.2 Å². The first-order valence-electron chi connectivity index (χ1n) is 15.0. The number of carbonyl (C=O) groups excluding carboxylic acids is 2. The second kappa shape index (κ2) is 14.2. The van der Waals surface area contributed by atoms with Crippen LogP contribution in [0, 0.1) is 12.7 Å². The van der Waals surface area contributed by atoms with Crippen molar-refractivity contribution in [1.29, 1.82) is 0 Å². The number of aryl methyl sites for hydroxylation is 1. The predicted octanol–water partition coefficient (Wildman–Crippen LogP) is 6.32. The van der Waals surface area contributed by atoms with Gasteiger partial charge in [-0.3, -0.25) is 13.9 Å². The van der Waals surface area contributed by atoms with Gasteiger partial charge >= 0.3 is 0 Å². The van der Waals surface area contributed by atoms with Gasteiger partial charge in [0.15, 0.2) is 0 Å². The molecule has 9 heteroatoms. The van der Waals surface area contributed by atoms with Gasteiger partial charge in [0.2, 0.25) is 11.8 Å². The minimum atomic E-state index is -4.15. The molecule has 4 rings (SSSR count). The van der Waals surface area contributed by atoms with Crippen LogP contribution in [-0.4, -0.2) is 43.8 Å². The summed E-state index contributed by atoms with van der Waals surface area (Å²) in [5, 5.41) is 3.10. The fourth-order valence-electron chi connectivity index (χ4n) is 5.47. The van der Waals surface area contributed by atoms with E-state index in [4.69, 9.17) is 0 Å². The number of nitrogens with zero attached hydrogens (tertiary/aromatic N) is 2. The van der Waals surface area contributed by atoms with Crippen molar-refractivity contribution in [2.24, 2.45) is 0 Å². The van der Waals surface area contributed by atoms with Crippen molar-refractivity contribution in [2.75, 3.05) is 10.8 Å². The van der Waals surface area contributed by atoms with Gasteiger partial charge in [0.25, 0.3) is 10.0 Å². The van der Waals surface area contributed by atoms with E-state index in [0.29, 0.717) is 17.7 Å². The molecule has 2 amide bonds. The molecule has 0 heterocycles. The lowest BCUT2D eigenvalue weighted by molar-refractivity contribution is -0.140. The second-order valence-corrected chi connectivity index (χ2v) is 13.5. The van der Waals surface area contributed by atoms with Crippen LogP contribution in [0.1, 0.15) is 75.5 Å². The van der Waals surface area contributed by atoms with Gasteiger partial charge in [-0.15, -0.1) is 0 Å². The predicted molar refractivity (Wildman–Crippen MR) is 168 cm³/mol. The summed E-state index contributed by atoms with van der Waals surface area (Å²) in [6.45, 7) is 7.32. The highest BCUT2D eigenvalue weighted by molar-refractivity contribution is 7.92. The van der Waals surface area contributed by atoms with Crippen LogP contribution < -0.4 is 9.62 Å². The number of benzene rings is 3. The number of nitrogens with one attached hydrogen (secondary N) is 1. The summed E-state index contributed by atoms with van der Waals surface area (Å²) < 4.78 is 42.9. The van der Waals surface area contributed by atoms with Gasteiger partial charge in [-0.2, -0.15) is 0 Å². The third-order valence-corrected chi connectivity index (χ3v) is 9.88. The molecule has 1 saturated carbocycles. The lowest BCUT2D eigenvalue weighted by Gasteiger charge is -2.34. The van der Waals surface area contributed by atoms with Crippen molar-refractivity contribution in [2.45, 2.75) is 89.2 Å². The van der Waals surface area contributed by atoms with E-state index in [2.05, 4.69) is 5.32 Å². The lowest BCUT2D eigenvalue weighted by atomic mass is 10.0. The number of hydrogen-bond donors (Lipinski definition) is 1. The highest BCUT2D eigenvalue weighted by atomic mass is 32.2. The maximum atomic E-state index is 14.2. The lowest BCUT2D eigenvalue weighted by Crippen LogP contribution is -2.53. The fraction of sp³-hybridized carbons (Fsp3) is 0.412. The maximum Gasteiger partial charge on any atom is 0.264 e. The molecule has 1 N–H and O–H groups in total. The molecule has 0 radical (unpaired) electrons. The van der Waals surface area contributed by atoms with Gasteiger partial charge in [-0.05, 0) is 79.6 Å². The SMILES string of the molecule is CC[C@H](C(=O)NC1CCCC1)N(Cc1ccc(F)cc1)C(=O)CN(c1ccc(C(C)C)cc1)S(=O)(=O)c1ccc(C)cc1. The molecule has 1 fully saturated rings. The highest BCUT2D eigenvalue weighted by Crippen LogP contribution is 2.27. The van der Waals surface area contributed by atoms with Crippen LogP contribution in [0.25, 0.3) is 0 Å². The number of hydrogen-bond acceptors (Lipinski definition) is 4. The zero-order chi connectivity index (χ0) is 31.1. The molecular weight excluding hydrogens is 565 g/mol. The summed E-state index contributed by atoms with van der Waals surface area (Å²) >= 11 is 0. The van der Waals surface area contributed by atoms with Crippen molar-refractivity contribution in [1.82, 2.24) is 10.2 Å². The average molecular weight is 608 g/mol. The summed E-state index contributed by atoms with van der Waals surface area (Å²) in [5.74, 6) is -0.957. The van der Waals surface area contributed by atoms with E-state index >= 15 is 0 Å². The molecule has 43 heavy (non-hydrogen) atoms. The van der Waals surface area contributed by atoms with Crippen LogP contribution in [0.5, 0.6) is 0 Å². The molecule has 7 nitrogen and oxygen atoms in total. The second-order valence-electron chi connectivity index (χ2n) is 11.6. The Kier molecular flexibility index (Phi) is 10.6. The molecule has 0 aliphatic heterocycles. The van der Waals surface area contributed by atoms with E-state index in [1.807, 2.05) is 39.8 Å². The Labute approximate surface area is 255 Å². The van der Waals surface area contributed by atoms with Gasteiger partial charge in [0.1, 0.15) is 18.4 Å². The van der Waals surface area contributed by atoms with E-state index in [0.717, 1.165) is 41.1 Å². The van der Waals surface area contributed by atoms with Crippen LogP contribution in [0.2, 0.25) is 0 Å². The Morgan fingerprint density at radius 3 is 2.09 bits per heavy atom. The Hall–Kier alpha value is -3.72. The number of rotatable bonds is 12. The van der Waals surface area contributed by atoms with Gasteiger partial charge in [0.05, 0.1) is 10.6 Å². The average Bonchev–Trinajstić information content (AvgIpc) is 3.50. The normalized spacial score (nSPS) is 14.5. The number of halogens is 1. The molecule has 0 saturated heterocycles. The van der Waals surface area contributed by atoms with E-state index in [1.165, 1.54) is 29.2 Å². The molecule has 230 valence electrons. The molecule has 0 unspecified atom stereocenters. The van der Waals surface area contributed by atoms with Gasteiger partial charge in [-0.1, -0.05) is 75.6 Å². The summed E-state index contributed by atoms with van der Waals surface area (Å²) in [7, 11) is -4.15. The molecule has 1 aliphatic rings. The smallest absolute Gasteiger partial charge is 0.264 e. The van der Waals surface area contributed by atoms with Crippen LogP contribution in [0.15, 0.2) is 77.7 Å². The fourth-order valence-corrected chi connectivity index (χ4v) is 6.88. The molecule has 0 bridgehead atoms. The number of anilines is 1. The van der Waals surface area contributed by atoms with Crippen molar-refractivity contribution in [3.05, 3.63) is 95.3 Å². The number of carbonyl (C=O) groups is 2. The largest absolute Gasteiger partial charge is 0.352 e. The molecule has 1 atom stereocenters. The minimum absolute atomic E-state index is 0.0282. The molecule has 3 aromatic rings. The monoisotopic (exact) mass is 607 g/mol. The third kappa shape index (κ3) is 8.02. The molecule has 0 aromatic heterocycles. The van der Waals surface area contributed by atoms with Crippen LogP contribution >= 0.6 is 0 Å². The van der Waals surface area contributed by atoms with Crippen molar-refractivity contribution in [3.8, 4) is 0 Å². The Bertz CT molecular complexity index is 1480. The van der Waals surface area contributed by atoms with Gasteiger partial charge in [0, 0.05) is 12.6 Å². The van der Waals surface area contributed by atoms with E-state index in [9.17, 15) is 22.4 Å². The zero-order valence-corrected chi connectivity index (χ0v) is 26.2. The maximum absolute atomic E-state index is 14.2. The summed E-state index contributed by atoms with van der Waals surface area (Å²) in [5.41, 5.74) is 2.93. The first-order valence-corrected chi connectivity index (χ1v) is 16.5. The van der Waals surface area contributed by atoms with E-state index in [1.54, 1.807) is 36.4 Å². The minimum Gasteiger partial charge on any atom is -0.352 e. The summed E-state index contributed by atoms with van der Waals surface area (Å²) in [4.78, 5) is 29.2. The summed E-state index contributed by atoms with van der Waals surface area (Å²) in [6.07, 6.45) is 4.20. The Morgan fingerprint density at radius 1 is 0.930 bits per heavy atom. The quantitative estimate of drug-likeness (QED) is 0.261. The highest BCUT2D eigenvalue weighted by Gasteiger charge is 2.34. The van der Waals surface area contributed by atoms with E-state index in [-0.39, 0.29) is 29.3 Å². The Balaban J connectivity index is 1.72. The zero-order valence-electron chi connectivity index (χ0n) is 25.4. The first-order chi connectivity index (χ1) is 20.5. The van der Waals surface area contributed by atoms with Crippen LogP contribution in [0.4, 0.5) is 10.1 Å². The topological polar surface area (TPSA) is 86.8 Å². The van der Waals surface area contributed by atoms with Crippen molar-refractivity contribution >= 4 is 27.5 Å². The molecule has 1 aliphatic carbocycles. The Morgan fingerprint density at radius 2 is 1.53 bits per heavy atom. The van der Waals surface area contributed by atoms with Gasteiger partial charge in [-0.25, -0.2) is 12.8 Å². The number of amides is 2. The van der Waals surface area contributed by atoms with Crippen molar-refractivity contribution < 1.29 is 22.4 Å². The van der Waals surface area contributed by atoms with Crippen molar-refractivity contribution in [3.63, 3.8) is 0 Å². The third-order valence-electron chi connectivity index (χ3n) is 8.09. The first kappa shape index (κ1) is 32.2. The summed E-state index contributed by atoms with van der Waals surface area (Å²) in [6, 6.07) is 18.6. The van der Waals surface area contributed by atoms with Crippen LogP contribution in [-0.2, 0) is 26.2 Å². The molecular formula is C34H42FN3O4S. The van der Waals surface area contributed by atoms with E-state index < -0.39 is 34.3 Å². The standard InChI is InChI=1S/C34H42FN3O4S/c1-5-32(34(40)36-29-8-6-7-9-29)37(22-26-12-16-28(35)17-13-26)33(39)23-38(30-18-14-27(15-19-30)24(2)3)43(41,42)31-20-10-25(4)11-21-31/h10-21,24,29,32H,5-9,22-23H2,1-4H3,(H,36,40)/t32-/m1/s1. The molecule has 0 spiro atoms. The molecule has 3 aromatic carbocycles.